The topological polar surface area (TPSA) is 88.2 Å². The van der Waals surface area contributed by atoms with Crippen molar-refractivity contribution < 1.29 is 14.3 Å². The zero-order valence-electron chi connectivity index (χ0n) is 15.3. The molecule has 0 saturated carbocycles. The second kappa shape index (κ2) is 7.32. The van der Waals surface area contributed by atoms with Gasteiger partial charge in [0.2, 0.25) is 5.91 Å². The van der Waals surface area contributed by atoms with Crippen molar-refractivity contribution in [2.75, 3.05) is 13.2 Å². The van der Waals surface area contributed by atoms with Crippen molar-refractivity contribution in [3.63, 3.8) is 0 Å². The molecule has 1 amide bonds. The fourth-order valence-corrected chi connectivity index (χ4v) is 3.42. The van der Waals surface area contributed by atoms with Crippen LogP contribution in [-0.4, -0.2) is 45.3 Å². The molecule has 134 valence electrons. The Kier molecular flexibility index (Phi) is 5.62. The first kappa shape index (κ1) is 18.4. The van der Waals surface area contributed by atoms with E-state index in [1.165, 1.54) is 0 Å². The van der Waals surface area contributed by atoms with Gasteiger partial charge in [0.15, 0.2) is 5.69 Å². The molecule has 1 aliphatic heterocycles. The average molecular weight is 336 g/mol. The fraction of sp³-hybridized carbons (Fsp3) is 0.765. The number of nitrogens with one attached hydrogen (secondary N) is 1. The van der Waals surface area contributed by atoms with Gasteiger partial charge in [-0.1, -0.05) is 27.7 Å². The fourth-order valence-electron chi connectivity index (χ4n) is 3.42. The summed E-state index contributed by atoms with van der Waals surface area (Å²) < 4.78 is 5.03. The van der Waals surface area contributed by atoms with Gasteiger partial charge in [-0.15, -0.1) is 5.10 Å². The van der Waals surface area contributed by atoms with Crippen LogP contribution in [-0.2, 0) is 9.53 Å². The van der Waals surface area contributed by atoms with Gasteiger partial charge in [0.05, 0.1) is 12.6 Å². The molecule has 0 aromatic carbocycles. The number of nitrogens with zero attached hydrogens (tertiary/aromatic N) is 3. The van der Waals surface area contributed by atoms with Gasteiger partial charge in [0, 0.05) is 12.5 Å². The minimum atomic E-state index is -0.497. The lowest BCUT2D eigenvalue weighted by atomic mass is 9.85. The number of ether oxygens (including phenoxy) is 1. The van der Waals surface area contributed by atoms with Crippen LogP contribution in [0.4, 0.5) is 0 Å². The zero-order valence-corrected chi connectivity index (χ0v) is 15.3. The summed E-state index contributed by atoms with van der Waals surface area (Å²) in [5, 5.41) is 10.6. The molecule has 0 aliphatic carbocycles. The quantitative estimate of drug-likeness (QED) is 0.835. The summed E-state index contributed by atoms with van der Waals surface area (Å²) in [6.07, 6.45) is 2.50. The highest BCUT2D eigenvalue weighted by Crippen LogP contribution is 2.35. The minimum Gasteiger partial charge on any atom is -0.461 e. The Bertz CT molecular complexity index is 591. The SMILES string of the molecule is CCOC(=O)c1n[nH]nc1C1CCCN1C(=O)C(C)CC(C)(C)C. The number of likely N-dealkylation sites (tertiary alicyclic amines) is 1. The van der Waals surface area contributed by atoms with E-state index < -0.39 is 5.97 Å². The van der Waals surface area contributed by atoms with Crippen LogP contribution in [0.1, 0.15) is 76.1 Å². The van der Waals surface area contributed by atoms with Gasteiger partial charge < -0.3 is 9.64 Å². The lowest BCUT2D eigenvalue weighted by molar-refractivity contribution is -0.137. The number of amides is 1. The summed E-state index contributed by atoms with van der Waals surface area (Å²) in [6, 6.07) is -0.210. The molecule has 0 radical (unpaired) electrons. The number of hydrogen-bond acceptors (Lipinski definition) is 5. The van der Waals surface area contributed by atoms with E-state index in [-0.39, 0.29) is 35.6 Å². The molecule has 1 aromatic rings. The molecule has 1 fully saturated rings. The van der Waals surface area contributed by atoms with Crippen molar-refractivity contribution in [2.45, 2.75) is 59.9 Å². The molecule has 0 bridgehead atoms. The Balaban J connectivity index is 2.18. The molecule has 1 aromatic heterocycles. The highest BCUT2D eigenvalue weighted by atomic mass is 16.5. The average Bonchev–Trinajstić information content (AvgIpc) is 3.13. The van der Waals surface area contributed by atoms with Crippen molar-refractivity contribution in [3.05, 3.63) is 11.4 Å². The number of H-pyrrole nitrogens is 1. The van der Waals surface area contributed by atoms with Crippen LogP contribution in [0.2, 0.25) is 0 Å². The number of esters is 1. The molecule has 2 atom stereocenters. The molecule has 24 heavy (non-hydrogen) atoms. The molecular weight excluding hydrogens is 308 g/mol. The van der Waals surface area contributed by atoms with Gasteiger partial charge in [-0.3, -0.25) is 4.79 Å². The molecule has 7 heteroatoms. The molecule has 2 unspecified atom stereocenters. The van der Waals surface area contributed by atoms with Crippen LogP contribution in [0.5, 0.6) is 0 Å². The van der Waals surface area contributed by atoms with Crippen molar-refractivity contribution in [2.24, 2.45) is 11.3 Å². The second-order valence-corrected chi connectivity index (χ2v) is 7.63. The standard InChI is InChI=1S/C17H28N4O3/c1-6-24-16(23)14-13(18-20-19-14)12-8-7-9-21(12)15(22)11(2)10-17(3,4)5/h11-12H,6-10H2,1-5H3,(H,18,19,20). The van der Waals surface area contributed by atoms with Gasteiger partial charge in [-0.2, -0.15) is 10.3 Å². The van der Waals surface area contributed by atoms with Crippen LogP contribution in [0.25, 0.3) is 0 Å². The van der Waals surface area contributed by atoms with Gasteiger partial charge >= 0.3 is 5.97 Å². The van der Waals surface area contributed by atoms with E-state index in [1.54, 1.807) is 6.92 Å². The number of aromatic nitrogens is 3. The van der Waals surface area contributed by atoms with E-state index in [0.717, 1.165) is 19.3 Å². The predicted molar refractivity (Wildman–Crippen MR) is 89.3 cm³/mol. The van der Waals surface area contributed by atoms with E-state index in [4.69, 9.17) is 4.74 Å². The van der Waals surface area contributed by atoms with Crippen molar-refractivity contribution in [1.29, 1.82) is 0 Å². The van der Waals surface area contributed by atoms with Crippen LogP contribution in [0.3, 0.4) is 0 Å². The highest BCUT2D eigenvalue weighted by molar-refractivity contribution is 5.89. The third-order valence-electron chi connectivity index (χ3n) is 4.24. The number of carbonyl (C=O) groups excluding carboxylic acids is 2. The first-order valence-electron chi connectivity index (χ1n) is 8.63. The van der Waals surface area contributed by atoms with Crippen molar-refractivity contribution in [1.82, 2.24) is 20.3 Å². The van der Waals surface area contributed by atoms with E-state index >= 15 is 0 Å². The van der Waals surface area contributed by atoms with Gasteiger partial charge in [-0.25, -0.2) is 4.79 Å². The van der Waals surface area contributed by atoms with Crippen molar-refractivity contribution in [3.8, 4) is 0 Å². The maximum Gasteiger partial charge on any atom is 0.360 e. The van der Waals surface area contributed by atoms with Crippen LogP contribution < -0.4 is 0 Å². The lowest BCUT2D eigenvalue weighted by Gasteiger charge is -2.29. The summed E-state index contributed by atoms with van der Waals surface area (Å²) in [4.78, 5) is 26.8. The Morgan fingerprint density at radius 2 is 2.08 bits per heavy atom. The number of hydrogen-bond donors (Lipinski definition) is 1. The maximum absolute atomic E-state index is 12.9. The van der Waals surface area contributed by atoms with Crippen LogP contribution >= 0.6 is 0 Å². The summed E-state index contributed by atoms with van der Waals surface area (Å²) >= 11 is 0. The van der Waals surface area contributed by atoms with Crippen LogP contribution in [0.15, 0.2) is 0 Å². The molecule has 2 rings (SSSR count). The Morgan fingerprint density at radius 1 is 1.38 bits per heavy atom. The van der Waals surface area contributed by atoms with E-state index in [1.807, 2.05) is 11.8 Å². The summed E-state index contributed by atoms with van der Waals surface area (Å²) in [5.74, 6) is -0.447. The molecule has 1 saturated heterocycles. The Morgan fingerprint density at radius 3 is 2.71 bits per heavy atom. The first-order chi connectivity index (χ1) is 11.2. The summed E-state index contributed by atoms with van der Waals surface area (Å²) in [7, 11) is 0. The monoisotopic (exact) mass is 336 g/mol. The molecule has 0 spiro atoms. The summed E-state index contributed by atoms with van der Waals surface area (Å²) in [5.41, 5.74) is 0.793. The second-order valence-electron chi connectivity index (χ2n) is 7.63. The third-order valence-corrected chi connectivity index (χ3v) is 4.24. The normalized spacial score (nSPS) is 19.4. The molecular formula is C17H28N4O3. The predicted octanol–water partition coefficient (Wildman–Crippen LogP) is 2.72. The van der Waals surface area contributed by atoms with E-state index in [9.17, 15) is 9.59 Å². The summed E-state index contributed by atoms with van der Waals surface area (Å²) in [6.45, 7) is 11.1. The first-order valence-corrected chi connectivity index (χ1v) is 8.63. The zero-order chi connectivity index (χ0) is 17.9. The van der Waals surface area contributed by atoms with Gasteiger partial charge in [0.25, 0.3) is 0 Å². The van der Waals surface area contributed by atoms with Gasteiger partial charge in [-0.05, 0) is 31.6 Å². The van der Waals surface area contributed by atoms with Gasteiger partial charge in [0.1, 0.15) is 5.69 Å². The Hall–Kier alpha value is -1.92. The van der Waals surface area contributed by atoms with E-state index in [2.05, 4.69) is 36.2 Å². The minimum absolute atomic E-state index is 0.0662. The maximum atomic E-state index is 12.9. The highest BCUT2D eigenvalue weighted by Gasteiger charge is 2.37. The molecule has 2 heterocycles. The van der Waals surface area contributed by atoms with Crippen molar-refractivity contribution >= 4 is 11.9 Å². The number of carbonyl (C=O) groups is 2. The smallest absolute Gasteiger partial charge is 0.360 e. The molecule has 1 aliphatic rings. The molecule has 1 N–H and O–H groups in total. The molecule has 7 nitrogen and oxygen atoms in total. The third kappa shape index (κ3) is 4.13. The number of rotatable bonds is 5. The number of aromatic amines is 1. The van der Waals surface area contributed by atoms with E-state index in [0.29, 0.717) is 12.2 Å². The van der Waals surface area contributed by atoms with Crippen LogP contribution in [0, 0.1) is 11.3 Å². The Labute approximate surface area is 143 Å². The largest absolute Gasteiger partial charge is 0.461 e. The lowest BCUT2D eigenvalue weighted by Crippen LogP contribution is -2.36.